The Bertz CT molecular complexity index is 1960. The molecule has 4 aliphatic heterocycles. The lowest BCUT2D eigenvalue weighted by Gasteiger charge is -2.35. The Morgan fingerprint density at radius 2 is 2.04 bits per heavy atom. The summed E-state index contributed by atoms with van der Waals surface area (Å²) in [6.07, 6.45) is 13.9. The number of ether oxygens (including phenoxy) is 2. The number of aromatic hydroxyl groups is 1. The van der Waals surface area contributed by atoms with Crippen LogP contribution in [-0.4, -0.2) is 69.4 Å². The molecule has 6 heterocycles. The normalized spacial score (nSPS) is 23.6. The topological polar surface area (TPSA) is 83.8 Å². The van der Waals surface area contributed by atoms with Crippen molar-refractivity contribution >= 4 is 27.5 Å². The van der Waals surface area contributed by atoms with Gasteiger partial charge in [-0.3, -0.25) is 4.90 Å². The summed E-state index contributed by atoms with van der Waals surface area (Å²) < 4.78 is 44.5. The molecule has 10 heteroatoms. The Morgan fingerprint density at radius 1 is 1.16 bits per heavy atom. The molecule has 0 spiro atoms. The number of rotatable bonds is 4. The van der Waals surface area contributed by atoms with Crippen LogP contribution in [0.1, 0.15) is 51.0 Å². The molecule has 45 heavy (non-hydrogen) atoms. The second-order valence-electron chi connectivity index (χ2n) is 12.6. The lowest BCUT2D eigenvalue weighted by atomic mass is 9.93. The van der Waals surface area contributed by atoms with Crippen LogP contribution in [0.4, 0.5) is 14.6 Å². The fraction of sp³-hybridized carbons (Fsp3) is 0.400. The molecular weight excluding hydrogens is 576 g/mol. The standard InChI is InChI=1S/C35H33F2N5O3/c1-3-20-16-35(11-7-12-41(35)17-20)19-45-34-39-31-28-32(40-34)42-13-6-5-8-22(42)18-44-33(28)38-30(29(31)37)25-15-23(43)14-21-9-10-26(36)24(4-2)27(21)25/h2-3,9-10,14-15,22,43H,5-8,11-13,16-19H2,1H3/b20-3-/t22-,35?/m0/s1. The Kier molecular flexibility index (Phi) is 6.57. The number of benzene rings is 2. The largest absolute Gasteiger partial charge is 0.508 e. The Balaban J connectivity index is 1.32. The van der Waals surface area contributed by atoms with Gasteiger partial charge in [0.05, 0.1) is 17.1 Å². The van der Waals surface area contributed by atoms with E-state index in [9.17, 15) is 9.50 Å². The van der Waals surface area contributed by atoms with E-state index in [2.05, 4.69) is 38.7 Å². The zero-order chi connectivity index (χ0) is 30.9. The Hall–Kier alpha value is -4.49. The summed E-state index contributed by atoms with van der Waals surface area (Å²) in [4.78, 5) is 18.8. The number of halogens is 2. The molecule has 0 amide bonds. The summed E-state index contributed by atoms with van der Waals surface area (Å²) >= 11 is 0. The number of nitrogens with zero attached hydrogens (tertiary/aromatic N) is 5. The Labute approximate surface area is 259 Å². The summed E-state index contributed by atoms with van der Waals surface area (Å²) in [6, 6.07) is 5.66. The Morgan fingerprint density at radius 3 is 2.89 bits per heavy atom. The van der Waals surface area contributed by atoms with Crippen molar-refractivity contribution in [2.75, 3.05) is 37.7 Å². The van der Waals surface area contributed by atoms with Gasteiger partial charge in [-0.05, 0) is 75.6 Å². The van der Waals surface area contributed by atoms with Gasteiger partial charge in [0.2, 0.25) is 5.88 Å². The molecule has 0 saturated carbocycles. The van der Waals surface area contributed by atoms with E-state index in [-0.39, 0.29) is 56.9 Å². The van der Waals surface area contributed by atoms with E-state index in [1.807, 2.05) is 0 Å². The van der Waals surface area contributed by atoms with Crippen molar-refractivity contribution in [1.29, 1.82) is 0 Å². The van der Waals surface area contributed by atoms with E-state index in [0.717, 1.165) is 58.2 Å². The average molecular weight is 610 g/mol. The minimum atomic E-state index is -0.752. The zero-order valence-corrected chi connectivity index (χ0v) is 25.1. The first-order chi connectivity index (χ1) is 21.9. The number of hydrogen-bond donors (Lipinski definition) is 1. The molecule has 2 atom stereocenters. The van der Waals surface area contributed by atoms with E-state index < -0.39 is 11.6 Å². The van der Waals surface area contributed by atoms with Crippen molar-refractivity contribution in [3.8, 4) is 41.2 Å². The maximum absolute atomic E-state index is 16.9. The fourth-order valence-corrected chi connectivity index (χ4v) is 7.81. The molecule has 4 aliphatic rings. The van der Waals surface area contributed by atoms with E-state index in [4.69, 9.17) is 20.9 Å². The van der Waals surface area contributed by atoms with Gasteiger partial charge in [0.1, 0.15) is 47.2 Å². The second-order valence-corrected chi connectivity index (χ2v) is 12.6. The molecule has 0 aliphatic carbocycles. The highest BCUT2D eigenvalue weighted by Crippen LogP contribution is 2.45. The van der Waals surface area contributed by atoms with Gasteiger partial charge in [-0.1, -0.05) is 23.6 Å². The van der Waals surface area contributed by atoms with Crippen LogP contribution >= 0.6 is 0 Å². The third-order valence-electron chi connectivity index (χ3n) is 10.0. The number of fused-ring (bicyclic) bond motifs is 4. The average Bonchev–Trinajstić information content (AvgIpc) is 3.55. The van der Waals surface area contributed by atoms with Crippen LogP contribution in [0.15, 0.2) is 35.9 Å². The molecule has 8 rings (SSSR count). The quantitative estimate of drug-likeness (QED) is 0.219. The highest BCUT2D eigenvalue weighted by molar-refractivity contribution is 6.04. The number of terminal acetylenes is 1. The van der Waals surface area contributed by atoms with Crippen LogP contribution in [0.2, 0.25) is 0 Å². The maximum Gasteiger partial charge on any atom is 0.319 e. The highest BCUT2D eigenvalue weighted by atomic mass is 19.1. The van der Waals surface area contributed by atoms with Crippen molar-refractivity contribution in [2.45, 2.75) is 57.0 Å². The van der Waals surface area contributed by atoms with E-state index >= 15 is 4.39 Å². The summed E-state index contributed by atoms with van der Waals surface area (Å²) in [5.74, 6) is 1.61. The number of allylic oxidation sites excluding steroid dienone is 1. The number of piperidine rings is 1. The monoisotopic (exact) mass is 609 g/mol. The summed E-state index contributed by atoms with van der Waals surface area (Å²) in [6.45, 7) is 5.50. The third kappa shape index (κ3) is 4.39. The molecule has 3 fully saturated rings. The van der Waals surface area contributed by atoms with Crippen molar-refractivity contribution in [3.63, 3.8) is 0 Å². The number of aromatic nitrogens is 3. The lowest BCUT2D eigenvalue weighted by molar-refractivity contribution is 0.108. The van der Waals surface area contributed by atoms with Gasteiger partial charge in [-0.2, -0.15) is 9.97 Å². The minimum absolute atomic E-state index is 0.00211. The van der Waals surface area contributed by atoms with Crippen LogP contribution < -0.4 is 14.4 Å². The van der Waals surface area contributed by atoms with Gasteiger partial charge in [0, 0.05) is 24.0 Å². The maximum atomic E-state index is 16.9. The third-order valence-corrected chi connectivity index (χ3v) is 10.0. The lowest BCUT2D eigenvalue weighted by Crippen LogP contribution is -2.44. The van der Waals surface area contributed by atoms with Crippen molar-refractivity contribution in [1.82, 2.24) is 19.9 Å². The predicted octanol–water partition coefficient (Wildman–Crippen LogP) is 6.12. The number of anilines is 1. The van der Waals surface area contributed by atoms with Crippen LogP contribution in [0.3, 0.4) is 0 Å². The molecule has 0 bridgehead atoms. The van der Waals surface area contributed by atoms with E-state index in [1.54, 1.807) is 0 Å². The fourth-order valence-electron chi connectivity index (χ4n) is 7.81. The number of hydrogen-bond acceptors (Lipinski definition) is 8. The molecule has 2 aromatic heterocycles. The first kappa shape index (κ1) is 28.0. The van der Waals surface area contributed by atoms with E-state index in [1.165, 1.54) is 29.8 Å². The van der Waals surface area contributed by atoms with Gasteiger partial charge < -0.3 is 19.5 Å². The van der Waals surface area contributed by atoms with Gasteiger partial charge >= 0.3 is 6.01 Å². The number of phenols is 1. The molecule has 230 valence electrons. The van der Waals surface area contributed by atoms with Crippen molar-refractivity contribution in [3.05, 3.63) is 53.1 Å². The predicted molar refractivity (Wildman–Crippen MR) is 168 cm³/mol. The van der Waals surface area contributed by atoms with Crippen LogP contribution in [0.5, 0.6) is 17.6 Å². The molecule has 2 aromatic carbocycles. The first-order valence-electron chi connectivity index (χ1n) is 15.6. The molecule has 0 radical (unpaired) electrons. The van der Waals surface area contributed by atoms with Gasteiger partial charge in [0.15, 0.2) is 5.82 Å². The zero-order valence-electron chi connectivity index (χ0n) is 25.1. The molecule has 3 saturated heterocycles. The van der Waals surface area contributed by atoms with Crippen molar-refractivity contribution in [2.24, 2.45) is 0 Å². The van der Waals surface area contributed by atoms with Crippen LogP contribution in [0, 0.1) is 24.0 Å². The number of phenolic OH excluding ortho intramolecular Hbond substituents is 1. The van der Waals surface area contributed by atoms with Crippen LogP contribution in [0.25, 0.3) is 32.9 Å². The molecule has 4 aromatic rings. The molecule has 8 nitrogen and oxygen atoms in total. The minimum Gasteiger partial charge on any atom is -0.508 e. The van der Waals surface area contributed by atoms with E-state index in [0.29, 0.717) is 29.8 Å². The molecular formula is C35H33F2N5O3. The van der Waals surface area contributed by atoms with Gasteiger partial charge in [-0.15, -0.1) is 6.42 Å². The van der Waals surface area contributed by atoms with Crippen molar-refractivity contribution < 1.29 is 23.4 Å². The number of pyridine rings is 1. The molecule has 1 N–H and O–H groups in total. The first-order valence-corrected chi connectivity index (χ1v) is 15.6. The smallest absolute Gasteiger partial charge is 0.319 e. The SMILES string of the molecule is C#Cc1c(F)ccc2cc(O)cc(-c3nc4c5c(nc(OCC67CCCN6C/C(=C\C)C7)nc5c3F)N3CCCC[C@H]3CO4)c12. The summed E-state index contributed by atoms with van der Waals surface area (Å²) in [5.41, 5.74) is 1.21. The van der Waals surface area contributed by atoms with Gasteiger partial charge in [-0.25, -0.2) is 13.8 Å². The van der Waals surface area contributed by atoms with Gasteiger partial charge in [0.25, 0.3) is 0 Å². The molecule has 1 unspecified atom stereocenters. The highest BCUT2D eigenvalue weighted by Gasteiger charge is 2.47. The van der Waals surface area contributed by atoms with Crippen LogP contribution in [-0.2, 0) is 0 Å². The summed E-state index contributed by atoms with van der Waals surface area (Å²) in [7, 11) is 0. The summed E-state index contributed by atoms with van der Waals surface area (Å²) in [5, 5.41) is 11.7. The second kappa shape index (κ2) is 10.6.